The Hall–Kier alpha value is -3.26. The first-order valence-electron chi connectivity index (χ1n) is 8.31. The van der Waals surface area contributed by atoms with Crippen molar-refractivity contribution in [1.29, 1.82) is 5.26 Å². The first kappa shape index (κ1) is 19.1. The third-order valence-corrected chi connectivity index (χ3v) is 3.48. The SMILES string of the molecule is COc1cc(C=CC(=O)Nc2ccc(CC#N)cc2)ccc1OC(C)C. The number of ether oxygens (including phenoxy) is 2. The smallest absolute Gasteiger partial charge is 0.248 e. The molecule has 134 valence electrons. The van der Waals surface area contributed by atoms with Gasteiger partial charge in [0.1, 0.15) is 0 Å². The highest BCUT2D eigenvalue weighted by Gasteiger charge is 2.07. The lowest BCUT2D eigenvalue weighted by Crippen LogP contribution is -2.07. The molecule has 0 atom stereocenters. The van der Waals surface area contributed by atoms with Crippen LogP contribution in [0.25, 0.3) is 6.08 Å². The van der Waals surface area contributed by atoms with Crippen LogP contribution in [0, 0.1) is 11.3 Å². The fourth-order valence-corrected chi connectivity index (χ4v) is 2.29. The van der Waals surface area contributed by atoms with E-state index in [0.717, 1.165) is 11.1 Å². The minimum atomic E-state index is -0.237. The average molecular weight is 350 g/mol. The van der Waals surface area contributed by atoms with Crippen LogP contribution in [0.3, 0.4) is 0 Å². The maximum Gasteiger partial charge on any atom is 0.248 e. The van der Waals surface area contributed by atoms with Gasteiger partial charge in [-0.05, 0) is 55.3 Å². The highest BCUT2D eigenvalue weighted by Crippen LogP contribution is 2.29. The molecule has 0 aliphatic carbocycles. The van der Waals surface area contributed by atoms with Crippen molar-refractivity contribution in [3.8, 4) is 17.6 Å². The maximum atomic E-state index is 12.1. The zero-order valence-electron chi connectivity index (χ0n) is 15.2. The number of nitrogens with one attached hydrogen (secondary N) is 1. The molecule has 0 aliphatic heterocycles. The van der Waals surface area contributed by atoms with Gasteiger partial charge in [-0.1, -0.05) is 18.2 Å². The normalized spacial score (nSPS) is 10.6. The van der Waals surface area contributed by atoms with Crippen molar-refractivity contribution in [2.75, 3.05) is 12.4 Å². The van der Waals surface area contributed by atoms with Crippen LogP contribution in [0.5, 0.6) is 11.5 Å². The van der Waals surface area contributed by atoms with Gasteiger partial charge in [0, 0.05) is 11.8 Å². The molecule has 0 spiro atoms. The van der Waals surface area contributed by atoms with E-state index in [4.69, 9.17) is 14.7 Å². The van der Waals surface area contributed by atoms with Crippen LogP contribution in [0.2, 0.25) is 0 Å². The molecule has 1 amide bonds. The van der Waals surface area contributed by atoms with E-state index < -0.39 is 0 Å². The predicted molar refractivity (Wildman–Crippen MR) is 102 cm³/mol. The van der Waals surface area contributed by atoms with Gasteiger partial charge in [-0.3, -0.25) is 4.79 Å². The van der Waals surface area contributed by atoms with Crippen molar-refractivity contribution < 1.29 is 14.3 Å². The number of carbonyl (C=O) groups excluding carboxylic acids is 1. The third-order valence-electron chi connectivity index (χ3n) is 3.48. The van der Waals surface area contributed by atoms with Crippen LogP contribution < -0.4 is 14.8 Å². The fraction of sp³-hybridized carbons (Fsp3) is 0.238. The number of rotatable bonds is 7. The first-order valence-corrected chi connectivity index (χ1v) is 8.31. The molecule has 0 fully saturated rings. The van der Waals surface area contributed by atoms with Gasteiger partial charge in [-0.2, -0.15) is 5.26 Å². The Labute approximate surface area is 153 Å². The number of benzene rings is 2. The second-order valence-electron chi connectivity index (χ2n) is 5.93. The fourth-order valence-electron chi connectivity index (χ4n) is 2.29. The average Bonchev–Trinajstić information content (AvgIpc) is 2.62. The monoisotopic (exact) mass is 350 g/mol. The van der Waals surface area contributed by atoms with E-state index in [2.05, 4.69) is 11.4 Å². The molecule has 0 radical (unpaired) electrons. The molecule has 2 rings (SSSR count). The van der Waals surface area contributed by atoms with E-state index in [1.807, 2.05) is 44.2 Å². The molecule has 0 aliphatic rings. The zero-order chi connectivity index (χ0) is 18.9. The van der Waals surface area contributed by atoms with Gasteiger partial charge in [0.2, 0.25) is 5.91 Å². The summed E-state index contributed by atoms with van der Waals surface area (Å²) in [5, 5.41) is 11.4. The molecule has 0 unspecified atom stereocenters. The summed E-state index contributed by atoms with van der Waals surface area (Å²) in [6, 6.07) is 14.8. The van der Waals surface area contributed by atoms with Gasteiger partial charge in [0.15, 0.2) is 11.5 Å². The molecule has 1 N–H and O–H groups in total. The molecular formula is C21H22N2O3. The Balaban J connectivity index is 2.02. The second kappa shape index (κ2) is 9.28. The summed E-state index contributed by atoms with van der Waals surface area (Å²) in [6.07, 6.45) is 3.57. The number of anilines is 1. The van der Waals surface area contributed by atoms with Crippen LogP contribution in [-0.2, 0) is 11.2 Å². The standard InChI is InChI=1S/C21H22N2O3/c1-15(2)26-19-10-6-17(14-20(19)25-3)7-11-21(24)23-18-8-4-16(5-9-18)12-13-22/h4-11,14-15H,12H2,1-3H3,(H,23,24). The summed E-state index contributed by atoms with van der Waals surface area (Å²) in [4.78, 5) is 12.1. The van der Waals surface area contributed by atoms with Crippen LogP contribution in [0.4, 0.5) is 5.69 Å². The van der Waals surface area contributed by atoms with E-state index in [9.17, 15) is 4.79 Å². The Morgan fingerprint density at radius 2 is 1.92 bits per heavy atom. The van der Waals surface area contributed by atoms with Gasteiger partial charge in [0.25, 0.3) is 0 Å². The first-order chi connectivity index (χ1) is 12.5. The highest BCUT2D eigenvalue weighted by atomic mass is 16.5. The van der Waals surface area contributed by atoms with Crippen molar-refractivity contribution in [3.05, 3.63) is 59.7 Å². The Morgan fingerprint density at radius 3 is 2.54 bits per heavy atom. The minimum Gasteiger partial charge on any atom is -0.493 e. The lowest BCUT2D eigenvalue weighted by molar-refractivity contribution is -0.111. The maximum absolute atomic E-state index is 12.1. The van der Waals surface area contributed by atoms with Crippen molar-refractivity contribution in [2.24, 2.45) is 0 Å². The predicted octanol–water partition coefficient (Wildman–Crippen LogP) is 4.20. The highest BCUT2D eigenvalue weighted by molar-refractivity contribution is 6.01. The van der Waals surface area contributed by atoms with E-state index in [0.29, 0.717) is 23.6 Å². The topological polar surface area (TPSA) is 71.3 Å². The quantitative estimate of drug-likeness (QED) is 0.760. The Morgan fingerprint density at radius 1 is 1.19 bits per heavy atom. The summed E-state index contributed by atoms with van der Waals surface area (Å²) in [5.74, 6) is 1.05. The molecule has 0 saturated carbocycles. The molecule has 0 heterocycles. The zero-order valence-corrected chi connectivity index (χ0v) is 15.2. The lowest BCUT2D eigenvalue weighted by atomic mass is 10.1. The molecule has 5 heteroatoms. The van der Waals surface area contributed by atoms with Crippen LogP contribution in [0.1, 0.15) is 25.0 Å². The number of hydrogen-bond donors (Lipinski definition) is 1. The van der Waals surface area contributed by atoms with E-state index in [1.165, 1.54) is 6.08 Å². The third kappa shape index (κ3) is 5.67. The number of hydrogen-bond acceptors (Lipinski definition) is 4. The molecular weight excluding hydrogens is 328 g/mol. The number of methoxy groups -OCH3 is 1. The molecule has 2 aromatic rings. The van der Waals surface area contributed by atoms with E-state index in [-0.39, 0.29) is 12.0 Å². The Bertz CT molecular complexity index is 818. The molecule has 0 saturated heterocycles. The van der Waals surface area contributed by atoms with Crippen molar-refractivity contribution in [2.45, 2.75) is 26.4 Å². The lowest BCUT2D eigenvalue weighted by Gasteiger charge is -2.13. The van der Waals surface area contributed by atoms with Gasteiger partial charge < -0.3 is 14.8 Å². The van der Waals surface area contributed by atoms with Crippen LogP contribution in [0.15, 0.2) is 48.5 Å². The number of nitriles is 1. The molecule has 5 nitrogen and oxygen atoms in total. The number of nitrogens with zero attached hydrogens (tertiary/aromatic N) is 1. The number of amides is 1. The van der Waals surface area contributed by atoms with Gasteiger partial charge in [0.05, 0.1) is 25.7 Å². The Kier molecular flexibility index (Phi) is 6.81. The summed E-state index contributed by atoms with van der Waals surface area (Å²) in [7, 11) is 1.58. The largest absolute Gasteiger partial charge is 0.493 e. The van der Waals surface area contributed by atoms with E-state index in [1.54, 1.807) is 25.3 Å². The second-order valence-corrected chi connectivity index (χ2v) is 5.93. The van der Waals surface area contributed by atoms with Crippen molar-refractivity contribution >= 4 is 17.7 Å². The minimum absolute atomic E-state index is 0.0515. The van der Waals surface area contributed by atoms with Crippen molar-refractivity contribution in [1.82, 2.24) is 0 Å². The van der Waals surface area contributed by atoms with Gasteiger partial charge in [-0.25, -0.2) is 0 Å². The van der Waals surface area contributed by atoms with Crippen LogP contribution >= 0.6 is 0 Å². The molecule has 26 heavy (non-hydrogen) atoms. The summed E-state index contributed by atoms with van der Waals surface area (Å²) < 4.78 is 11.0. The van der Waals surface area contributed by atoms with E-state index >= 15 is 0 Å². The van der Waals surface area contributed by atoms with Gasteiger partial charge >= 0.3 is 0 Å². The number of carbonyl (C=O) groups is 1. The van der Waals surface area contributed by atoms with Crippen molar-refractivity contribution in [3.63, 3.8) is 0 Å². The van der Waals surface area contributed by atoms with Crippen LogP contribution in [-0.4, -0.2) is 19.1 Å². The molecule has 2 aromatic carbocycles. The molecule has 0 aromatic heterocycles. The summed E-state index contributed by atoms with van der Waals surface area (Å²) in [6.45, 7) is 3.90. The molecule has 0 bridgehead atoms. The van der Waals surface area contributed by atoms with Gasteiger partial charge in [-0.15, -0.1) is 0 Å². The summed E-state index contributed by atoms with van der Waals surface area (Å²) in [5.41, 5.74) is 2.42. The summed E-state index contributed by atoms with van der Waals surface area (Å²) >= 11 is 0.